The molecule has 2 unspecified atom stereocenters. The van der Waals surface area contributed by atoms with Crippen molar-refractivity contribution in [3.8, 4) is 10.6 Å². The number of nitrogens with one attached hydrogen (secondary N) is 2. The molecule has 1 aliphatic heterocycles. The zero-order valence-corrected chi connectivity index (χ0v) is 11.9. The molecule has 0 aromatic carbocycles. The number of nitrogens with zero attached hydrogens (tertiary/aromatic N) is 1. The Bertz CT molecular complexity index is 503. The molecule has 4 nitrogen and oxygen atoms in total. The summed E-state index contributed by atoms with van der Waals surface area (Å²) in [7, 11) is 0. The van der Waals surface area contributed by atoms with E-state index in [2.05, 4.69) is 40.0 Å². The van der Waals surface area contributed by atoms with Crippen molar-refractivity contribution in [2.75, 3.05) is 13.2 Å². The standard InChI is InChI=1S/C14H19N3OS/c1-10(11-4-5-18-9-11)15-7-12-8-16-17-14(12)13-3-2-6-19-13/h2-3,6,8,10-11,15H,4-5,7,9H2,1H3,(H,16,17). The fraction of sp³-hybridized carbons (Fsp3) is 0.500. The van der Waals surface area contributed by atoms with Gasteiger partial charge in [0.2, 0.25) is 0 Å². The van der Waals surface area contributed by atoms with E-state index in [4.69, 9.17) is 4.74 Å². The molecule has 19 heavy (non-hydrogen) atoms. The lowest BCUT2D eigenvalue weighted by atomic mass is 10.0. The third-order valence-corrected chi connectivity index (χ3v) is 4.66. The van der Waals surface area contributed by atoms with Crippen molar-refractivity contribution in [2.45, 2.75) is 25.9 Å². The summed E-state index contributed by atoms with van der Waals surface area (Å²) in [6.07, 6.45) is 3.08. The van der Waals surface area contributed by atoms with Crippen molar-refractivity contribution in [3.63, 3.8) is 0 Å². The zero-order valence-electron chi connectivity index (χ0n) is 11.1. The van der Waals surface area contributed by atoms with Gasteiger partial charge >= 0.3 is 0 Å². The summed E-state index contributed by atoms with van der Waals surface area (Å²) in [5.74, 6) is 0.636. The zero-order chi connectivity index (χ0) is 13.1. The molecule has 2 aromatic heterocycles. The molecular formula is C14H19N3OS. The van der Waals surface area contributed by atoms with E-state index in [1.54, 1.807) is 11.3 Å². The fourth-order valence-electron chi connectivity index (χ4n) is 2.46. The maximum absolute atomic E-state index is 5.44. The van der Waals surface area contributed by atoms with Crippen LogP contribution in [0, 0.1) is 5.92 Å². The number of H-pyrrole nitrogens is 1. The normalized spacial score (nSPS) is 20.8. The molecule has 3 rings (SSSR count). The van der Waals surface area contributed by atoms with Gasteiger partial charge in [0, 0.05) is 24.8 Å². The number of thiophene rings is 1. The summed E-state index contributed by atoms with van der Waals surface area (Å²) < 4.78 is 5.44. The second-order valence-electron chi connectivity index (χ2n) is 5.04. The van der Waals surface area contributed by atoms with Gasteiger partial charge < -0.3 is 10.1 Å². The molecule has 3 heterocycles. The van der Waals surface area contributed by atoms with E-state index in [1.807, 2.05) is 6.20 Å². The van der Waals surface area contributed by atoms with Crippen molar-refractivity contribution in [3.05, 3.63) is 29.3 Å². The first-order chi connectivity index (χ1) is 9.34. The van der Waals surface area contributed by atoms with Crippen LogP contribution in [0.1, 0.15) is 18.9 Å². The van der Waals surface area contributed by atoms with Crippen LogP contribution in [-0.2, 0) is 11.3 Å². The molecule has 2 aromatic rings. The molecule has 0 radical (unpaired) electrons. The minimum absolute atomic E-state index is 0.480. The highest BCUT2D eigenvalue weighted by Crippen LogP contribution is 2.26. The molecule has 2 atom stereocenters. The van der Waals surface area contributed by atoms with E-state index in [-0.39, 0.29) is 0 Å². The number of aromatic amines is 1. The Hall–Kier alpha value is -1.17. The van der Waals surface area contributed by atoms with Crippen LogP contribution in [0.3, 0.4) is 0 Å². The summed E-state index contributed by atoms with van der Waals surface area (Å²) >= 11 is 1.74. The van der Waals surface area contributed by atoms with Gasteiger partial charge in [0.25, 0.3) is 0 Å². The van der Waals surface area contributed by atoms with E-state index in [9.17, 15) is 0 Å². The average Bonchev–Trinajstić information content (AvgIpc) is 3.14. The number of ether oxygens (including phenoxy) is 1. The predicted molar refractivity (Wildman–Crippen MR) is 77.1 cm³/mol. The topological polar surface area (TPSA) is 49.9 Å². The van der Waals surface area contributed by atoms with Gasteiger partial charge in [-0.2, -0.15) is 5.10 Å². The maximum atomic E-state index is 5.44. The van der Waals surface area contributed by atoms with Crippen LogP contribution in [0.4, 0.5) is 0 Å². The Balaban J connectivity index is 1.62. The van der Waals surface area contributed by atoms with Gasteiger partial charge in [0.15, 0.2) is 0 Å². The number of aromatic nitrogens is 2. The van der Waals surface area contributed by atoms with Gasteiger partial charge in [-0.25, -0.2) is 0 Å². The largest absolute Gasteiger partial charge is 0.381 e. The van der Waals surface area contributed by atoms with Crippen molar-refractivity contribution in [1.82, 2.24) is 15.5 Å². The Kier molecular flexibility index (Phi) is 3.96. The SMILES string of the molecule is CC(NCc1cn[nH]c1-c1cccs1)C1CCOC1. The van der Waals surface area contributed by atoms with E-state index >= 15 is 0 Å². The van der Waals surface area contributed by atoms with Gasteiger partial charge in [-0.15, -0.1) is 11.3 Å². The lowest BCUT2D eigenvalue weighted by Gasteiger charge is -2.19. The molecule has 2 N–H and O–H groups in total. The molecule has 0 saturated carbocycles. The Morgan fingerprint density at radius 1 is 1.63 bits per heavy atom. The predicted octanol–water partition coefficient (Wildman–Crippen LogP) is 2.65. The van der Waals surface area contributed by atoms with E-state index in [0.29, 0.717) is 12.0 Å². The third kappa shape index (κ3) is 2.88. The van der Waals surface area contributed by atoms with E-state index < -0.39 is 0 Å². The van der Waals surface area contributed by atoms with Crippen LogP contribution in [0.2, 0.25) is 0 Å². The van der Waals surface area contributed by atoms with Crippen LogP contribution in [0.15, 0.2) is 23.7 Å². The summed E-state index contributed by atoms with van der Waals surface area (Å²) in [6, 6.07) is 4.67. The molecule has 5 heteroatoms. The highest BCUT2D eigenvalue weighted by atomic mass is 32.1. The number of hydrogen-bond donors (Lipinski definition) is 2. The molecular weight excluding hydrogens is 258 g/mol. The van der Waals surface area contributed by atoms with Gasteiger partial charge in [0.1, 0.15) is 0 Å². The molecule has 1 fully saturated rings. The number of rotatable bonds is 5. The second-order valence-corrected chi connectivity index (χ2v) is 5.99. The van der Waals surface area contributed by atoms with Gasteiger partial charge in [-0.3, -0.25) is 5.10 Å². The molecule has 0 spiro atoms. The van der Waals surface area contributed by atoms with E-state index in [1.165, 1.54) is 10.4 Å². The Labute approximate surface area is 117 Å². The Morgan fingerprint density at radius 2 is 2.58 bits per heavy atom. The monoisotopic (exact) mass is 277 g/mol. The number of hydrogen-bond acceptors (Lipinski definition) is 4. The molecule has 1 aliphatic rings. The quantitative estimate of drug-likeness (QED) is 0.883. The summed E-state index contributed by atoms with van der Waals surface area (Å²) in [5.41, 5.74) is 2.37. The lowest BCUT2D eigenvalue weighted by molar-refractivity contribution is 0.178. The molecule has 102 valence electrons. The highest BCUT2D eigenvalue weighted by molar-refractivity contribution is 7.13. The molecule has 0 bridgehead atoms. The van der Waals surface area contributed by atoms with Crippen LogP contribution < -0.4 is 5.32 Å². The van der Waals surface area contributed by atoms with Crippen LogP contribution in [-0.4, -0.2) is 29.5 Å². The summed E-state index contributed by atoms with van der Waals surface area (Å²) in [4.78, 5) is 1.24. The first-order valence-electron chi connectivity index (χ1n) is 6.72. The molecule has 0 amide bonds. The van der Waals surface area contributed by atoms with Crippen LogP contribution >= 0.6 is 11.3 Å². The average molecular weight is 277 g/mol. The van der Waals surface area contributed by atoms with Crippen LogP contribution in [0.5, 0.6) is 0 Å². The molecule has 0 aliphatic carbocycles. The van der Waals surface area contributed by atoms with Crippen molar-refractivity contribution in [2.24, 2.45) is 5.92 Å². The first kappa shape index (κ1) is 12.8. The highest BCUT2D eigenvalue weighted by Gasteiger charge is 2.22. The molecule has 1 saturated heterocycles. The first-order valence-corrected chi connectivity index (χ1v) is 7.60. The fourth-order valence-corrected chi connectivity index (χ4v) is 3.22. The summed E-state index contributed by atoms with van der Waals surface area (Å²) in [6.45, 7) is 4.88. The second kappa shape index (κ2) is 5.86. The minimum atomic E-state index is 0.480. The summed E-state index contributed by atoms with van der Waals surface area (Å²) in [5, 5.41) is 13.0. The van der Waals surface area contributed by atoms with Gasteiger partial charge in [-0.05, 0) is 30.7 Å². The smallest absolute Gasteiger partial charge is 0.0794 e. The van der Waals surface area contributed by atoms with Crippen molar-refractivity contribution < 1.29 is 4.74 Å². The lowest BCUT2D eigenvalue weighted by Crippen LogP contribution is -2.33. The third-order valence-electron chi connectivity index (χ3n) is 3.77. The minimum Gasteiger partial charge on any atom is -0.381 e. The van der Waals surface area contributed by atoms with Crippen molar-refractivity contribution >= 4 is 11.3 Å². The van der Waals surface area contributed by atoms with Crippen LogP contribution in [0.25, 0.3) is 10.6 Å². The van der Waals surface area contributed by atoms with E-state index in [0.717, 1.165) is 31.9 Å². The maximum Gasteiger partial charge on any atom is 0.0794 e. The van der Waals surface area contributed by atoms with Gasteiger partial charge in [0.05, 0.1) is 23.4 Å². The Morgan fingerprint density at radius 3 is 3.32 bits per heavy atom. The van der Waals surface area contributed by atoms with Gasteiger partial charge in [-0.1, -0.05) is 6.07 Å². The van der Waals surface area contributed by atoms with Crippen molar-refractivity contribution in [1.29, 1.82) is 0 Å².